The molecule has 1 rings (SSSR count). The van der Waals surface area contributed by atoms with E-state index in [1.807, 2.05) is 31.2 Å². The Morgan fingerprint density at radius 1 is 1.42 bits per heavy atom. The Labute approximate surface area is 127 Å². The summed E-state index contributed by atoms with van der Waals surface area (Å²) in [5.41, 5.74) is -0.813. The summed E-state index contributed by atoms with van der Waals surface area (Å²) in [5, 5.41) is 12.7. The average molecular weight is 346 g/mol. The zero-order chi connectivity index (χ0) is 14.3. The summed E-state index contributed by atoms with van der Waals surface area (Å²) in [7, 11) is 0. The molecular weight excluding hydrogens is 326 g/mol. The van der Waals surface area contributed by atoms with Crippen LogP contribution in [0.25, 0.3) is 0 Å². The highest BCUT2D eigenvalue weighted by molar-refractivity contribution is 9.10. The third-order valence-electron chi connectivity index (χ3n) is 2.64. The van der Waals surface area contributed by atoms with Crippen LogP contribution < -0.4 is 5.32 Å². The second-order valence-corrected chi connectivity index (χ2v) is 6.73. The van der Waals surface area contributed by atoms with Gasteiger partial charge in [-0.3, -0.25) is 4.79 Å². The van der Waals surface area contributed by atoms with Crippen LogP contribution in [-0.4, -0.2) is 28.9 Å². The van der Waals surface area contributed by atoms with Crippen molar-refractivity contribution in [2.24, 2.45) is 0 Å². The van der Waals surface area contributed by atoms with Gasteiger partial charge in [0, 0.05) is 15.9 Å². The standard InChI is InChI=1S/C14H20BrNO2S/c1-3-8-14(2,18)10-16-13(17)9-19-12-6-4-11(15)5-7-12/h4-7,18H,3,8-10H2,1-2H3,(H,16,17). The summed E-state index contributed by atoms with van der Waals surface area (Å²) < 4.78 is 1.02. The highest BCUT2D eigenvalue weighted by atomic mass is 79.9. The highest BCUT2D eigenvalue weighted by Crippen LogP contribution is 2.20. The van der Waals surface area contributed by atoms with Crippen LogP contribution in [0.15, 0.2) is 33.6 Å². The first-order chi connectivity index (χ1) is 8.93. The predicted octanol–water partition coefficient (Wildman–Crippen LogP) is 3.21. The molecular formula is C14H20BrNO2S. The van der Waals surface area contributed by atoms with Crippen LogP contribution in [-0.2, 0) is 4.79 Å². The van der Waals surface area contributed by atoms with Crippen LogP contribution in [0.5, 0.6) is 0 Å². The lowest BCUT2D eigenvalue weighted by Crippen LogP contribution is -2.41. The number of rotatable bonds is 7. The zero-order valence-electron chi connectivity index (χ0n) is 11.3. The van der Waals surface area contributed by atoms with Gasteiger partial charge in [-0.1, -0.05) is 29.3 Å². The van der Waals surface area contributed by atoms with Gasteiger partial charge in [-0.05, 0) is 37.6 Å². The molecule has 106 valence electrons. The normalized spacial score (nSPS) is 13.9. The molecule has 2 N–H and O–H groups in total. The minimum atomic E-state index is -0.813. The molecule has 19 heavy (non-hydrogen) atoms. The van der Waals surface area contributed by atoms with Crippen molar-refractivity contribution in [3.05, 3.63) is 28.7 Å². The van der Waals surface area contributed by atoms with E-state index < -0.39 is 5.60 Å². The molecule has 0 spiro atoms. The predicted molar refractivity (Wildman–Crippen MR) is 83.4 cm³/mol. The lowest BCUT2D eigenvalue weighted by atomic mass is 10.0. The molecule has 0 saturated carbocycles. The summed E-state index contributed by atoms with van der Waals surface area (Å²) in [6.07, 6.45) is 1.59. The van der Waals surface area contributed by atoms with Crippen molar-refractivity contribution < 1.29 is 9.90 Å². The van der Waals surface area contributed by atoms with Gasteiger partial charge in [0.1, 0.15) is 0 Å². The number of benzene rings is 1. The Balaban J connectivity index is 2.30. The fourth-order valence-corrected chi connectivity index (χ4v) is 2.64. The second kappa shape index (κ2) is 7.92. The van der Waals surface area contributed by atoms with Crippen LogP contribution in [0.3, 0.4) is 0 Å². The highest BCUT2D eigenvalue weighted by Gasteiger charge is 2.19. The zero-order valence-corrected chi connectivity index (χ0v) is 13.7. The summed E-state index contributed by atoms with van der Waals surface area (Å²) in [5.74, 6) is 0.313. The first-order valence-electron chi connectivity index (χ1n) is 6.30. The molecule has 0 aliphatic carbocycles. The number of halogens is 1. The van der Waals surface area contributed by atoms with E-state index in [-0.39, 0.29) is 5.91 Å². The fraction of sp³-hybridized carbons (Fsp3) is 0.500. The van der Waals surface area contributed by atoms with Crippen molar-refractivity contribution in [1.82, 2.24) is 5.32 Å². The molecule has 5 heteroatoms. The molecule has 0 aromatic heterocycles. The van der Waals surface area contributed by atoms with Crippen molar-refractivity contribution in [2.45, 2.75) is 37.2 Å². The lowest BCUT2D eigenvalue weighted by molar-refractivity contribution is -0.119. The van der Waals surface area contributed by atoms with E-state index in [0.29, 0.717) is 18.7 Å². The van der Waals surface area contributed by atoms with E-state index >= 15 is 0 Å². The Hall–Kier alpha value is -0.520. The number of carbonyl (C=O) groups excluding carboxylic acids is 1. The summed E-state index contributed by atoms with van der Waals surface area (Å²) in [6.45, 7) is 4.07. The van der Waals surface area contributed by atoms with Crippen LogP contribution in [0, 0.1) is 0 Å². The molecule has 1 atom stereocenters. The number of amides is 1. The number of hydrogen-bond acceptors (Lipinski definition) is 3. The van der Waals surface area contributed by atoms with Crippen LogP contribution in [0.1, 0.15) is 26.7 Å². The molecule has 0 aliphatic heterocycles. The molecule has 3 nitrogen and oxygen atoms in total. The largest absolute Gasteiger partial charge is 0.388 e. The van der Waals surface area contributed by atoms with Crippen molar-refractivity contribution >= 4 is 33.6 Å². The number of hydrogen-bond donors (Lipinski definition) is 2. The fourth-order valence-electron chi connectivity index (χ4n) is 1.65. The molecule has 0 bridgehead atoms. The van der Waals surface area contributed by atoms with Crippen LogP contribution in [0.2, 0.25) is 0 Å². The van der Waals surface area contributed by atoms with Gasteiger partial charge in [-0.15, -0.1) is 11.8 Å². The molecule has 1 aromatic rings. The van der Waals surface area contributed by atoms with Gasteiger partial charge < -0.3 is 10.4 Å². The third kappa shape index (κ3) is 6.99. The van der Waals surface area contributed by atoms with E-state index in [1.165, 1.54) is 11.8 Å². The van der Waals surface area contributed by atoms with Gasteiger partial charge in [0.05, 0.1) is 11.4 Å². The Bertz CT molecular complexity index is 406. The van der Waals surface area contributed by atoms with Gasteiger partial charge in [0.15, 0.2) is 0 Å². The van der Waals surface area contributed by atoms with Crippen molar-refractivity contribution in [3.8, 4) is 0 Å². The quantitative estimate of drug-likeness (QED) is 0.746. The van der Waals surface area contributed by atoms with Gasteiger partial charge in [-0.25, -0.2) is 0 Å². The first-order valence-corrected chi connectivity index (χ1v) is 8.08. The molecule has 0 radical (unpaired) electrons. The molecule has 0 heterocycles. The lowest BCUT2D eigenvalue weighted by Gasteiger charge is -2.22. The van der Waals surface area contributed by atoms with E-state index in [4.69, 9.17) is 0 Å². The number of nitrogens with one attached hydrogen (secondary N) is 1. The minimum Gasteiger partial charge on any atom is -0.388 e. The summed E-state index contributed by atoms with van der Waals surface area (Å²) in [4.78, 5) is 12.7. The van der Waals surface area contributed by atoms with Crippen LogP contribution in [0.4, 0.5) is 0 Å². The SMILES string of the molecule is CCCC(C)(O)CNC(=O)CSc1ccc(Br)cc1. The number of carbonyl (C=O) groups is 1. The molecule has 1 aromatic carbocycles. The molecule has 1 amide bonds. The Morgan fingerprint density at radius 2 is 2.05 bits per heavy atom. The minimum absolute atomic E-state index is 0.0516. The number of aliphatic hydroxyl groups is 1. The molecule has 0 fully saturated rings. The molecule has 0 aliphatic rings. The Kier molecular flexibility index (Phi) is 6.89. The van der Waals surface area contributed by atoms with E-state index in [9.17, 15) is 9.90 Å². The van der Waals surface area contributed by atoms with E-state index in [2.05, 4.69) is 21.2 Å². The summed E-state index contributed by atoms with van der Waals surface area (Å²) >= 11 is 4.86. The third-order valence-corrected chi connectivity index (χ3v) is 4.18. The monoisotopic (exact) mass is 345 g/mol. The van der Waals surface area contributed by atoms with Gasteiger partial charge in [-0.2, -0.15) is 0 Å². The average Bonchev–Trinajstić information content (AvgIpc) is 2.36. The summed E-state index contributed by atoms with van der Waals surface area (Å²) in [6, 6.07) is 7.84. The maximum atomic E-state index is 11.7. The van der Waals surface area contributed by atoms with Gasteiger partial charge in [0.25, 0.3) is 0 Å². The van der Waals surface area contributed by atoms with Gasteiger partial charge in [0.2, 0.25) is 5.91 Å². The van der Waals surface area contributed by atoms with E-state index in [0.717, 1.165) is 15.8 Å². The van der Waals surface area contributed by atoms with Crippen LogP contribution >= 0.6 is 27.7 Å². The second-order valence-electron chi connectivity index (χ2n) is 4.77. The first kappa shape index (κ1) is 16.5. The smallest absolute Gasteiger partial charge is 0.230 e. The maximum Gasteiger partial charge on any atom is 0.230 e. The Morgan fingerprint density at radius 3 is 2.63 bits per heavy atom. The molecule has 0 saturated heterocycles. The maximum absolute atomic E-state index is 11.7. The molecule has 1 unspecified atom stereocenters. The topological polar surface area (TPSA) is 49.3 Å². The number of thioether (sulfide) groups is 1. The van der Waals surface area contributed by atoms with Crippen molar-refractivity contribution in [3.63, 3.8) is 0 Å². The van der Waals surface area contributed by atoms with Gasteiger partial charge >= 0.3 is 0 Å². The van der Waals surface area contributed by atoms with E-state index in [1.54, 1.807) is 6.92 Å². The van der Waals surface area contributed by atoms with Crippen molar-refractivity contribution in [2.75, 3.05) is 12.3 Å². The van der Waals surface area contributed by atoms with Crippen molar-refractivity contribution in [1.29, 1.82) is 0 Å².